The number of hydrogen-bond acceptors (Lipinski definition) is 4. The molecule has 18 heavy (non-hydrogen) atoms. The minimum atomic E-state index is -3.38. The average molecular weight is 277 g/mol. The molecule has 6 heteroatoms. The van der Waals surface area contributed by atoms with E-state index in [1.54, 1.807) is 0 Å². The Morgan fingerprint density at radius 3 is 1.94 bits per heavy atom. The highest BCUT2D eigenvalue weighted by Gasteiger charge is 2.36. The van der Waals surface area contributed by atoms with Crippen molar-refractivity contribution in [3.05, 3.63) is 0 Å². The highest BCUT2D eigenvalue weighted by Crippen LogP contribution is 2.34. The Labute approximate surface area is 109 Å². The summed E-state index contributed by atoms with van der Waals surface area (Å²) in [5.74, 6) is 0.299. The molecule has 2 unspecified atom stereocenters. The standard InChI is InChI=1S/C12H23NO4S/c1-8-7-9(2)17-12(16-8)10-3-5-11(6-4-10)18(13,14)15/h8-12H,3-7H2,1-2H3,(H2,13,14,15). The molecule has 2 N–H and O–H groups in total. The number of ether oxygens (including phenoxy) is 2. The lowest BCUT2D eigenvalue weighted by atomic mass is 9.88. The van der Waals surface area contributed by atoms with Gasteiger partial charge in [-0.1, -0.05) is 0 Å². The highest BCUT2D eigenvalue weighted by molar-refractivity contribution is 7.89. The molecule has 0 amide bonds. The molecule has 1 aliphatic heterocycles. The van der Waals surface area contributed by atoms with Crippen LogP contribution in [0.2, 0.25) is 0 Å². The first-order chi connectivity index (χ1) is 8.36. The largest absolute Gasteiger partial charge is 0.349 e. The van der Waals surface area contributed by atoms with Crippen molar-refractivity contribution in [3.63, 3.8) is 0 Å². The normalized spacial score (nSPS) is 42.7. The van der Waals surface area contributed by atoms with E-state index >= 15 is 0 Å². The van der Waals surface area contributed by atoms with Crippen LogP contribution in [-0.4, -0.2) is 32.2 Å². The summed E-state index contributed by atoms with van der Waals surface area (Å²) >= 11 is 0. The van der Waals surface area contributed by atoms with Crippen LogP contribution >= 0.6 is 0 Å². The zero-order valence-corrected chi connectivity index (χ0v) is 11.9. The SMILES string of the molecule is CC1CC(C)OC(C2CCC(S(N)(=O)=O)CC2)O1. The lowest BCUT2D eigenvalue weighted by Crippen LogP contribution is -2.42. The minimum Gasteiger partial charge on any atom is -0.349 e. The number of hydrogen-bond donors (Lipinski definition) is 1. The van der Waals surface area contributed by atoms with Gasteiger partial charge in [0.05, 0.1) is 17.5 Å². The van der Waals surface area contributed by atoms with E-state index in [0.29, 0.717) is 18.8 Å². The van der Waals surface area contributed by atoms with Gasteiger partial charge in [0.25, 0.3) is 0 Å². The highest BCUT2D eigenvalue weighted by atomic mass is 32.2. The van der Waals surface area contributed by atoms with Crippen LogP contribution in [0.4, 0.5) is 0 Å². The van der Waals surface area contributed by atoms with Crippen molar-refractivity contribution in [2.24, 2.45) is 11.1 Å². The van der Waals surface area contributed by atoms with Crippen LogP contribution in [0.25, 0.3) is 0 Å². The average Bonchev–Trinajstić information content (AvgIpc) is 2.27. The van der Waals surface area contributed by atoms with Crippen LogP contribution in [0.5, 0.6) is 0 Å². The second-order valence-corrected chi connectivity index (χ2v) is 7.47. The third-order valence-electron chi connectivity index (χ3n) is 3.97. The van der Waals surface area contributed by atoms with Crippen molar-refractivity contribution in [1.82, 2.24) is 0 Å². The van der Waals surface area contributed by atoms with Crippen molar-refractivity contribution in [2.45, 2.75) is 69.7 Å². The zero-order valence-electron chi connectivity index (χ0n) is 11.0. The maximum absolute atomic E-state index is 11.3. The van der Waals surface area contributed by atoms with Gasteiger partial charge in [-0.15, -0.1) is 0 Å². The van der Waals surface area contributed by atoms with Crippen molar-refractivity contribution in [3.8, 4) is 0 Å². The molecule has 2 atom stereocenters. The second-order valence-electron chi connectivity index (χ2n) is 5.62. The summed E-state index contributed by atoms with van der Waals surface area (Å²) in [6, 6.07) is 0. The molecule has 0 radical (unpaired) electrons. The van der Waals surface area contributed by atoms with Gasteiger partial charge in [-0.25, -0.2) is 13.6 Å². The molecular weight excluding hydrogens is 254 g/mol. The summed E-state index contributed by atoms with van der Waals surface area (Å²) < 4.78 is 34.2. The molecule has 2 aliphatic rings. The second kappa shape index (κ2) is 5.45. The van der Waals surface area contributed by atoms with Crippen LogP contribution in [0.3, 0.4) is 0 Å². The van der Waals surface area contributed by atoms with Gasteiger partial charge in [0.15, 0.2) is 6.29 Å². The summed E-state index contributed by atoms with van der Waals surface area (Å²) in [7, 11) is -3.38. The molecule has 2 fully saturated rings. The van der Waals surface area contributed by atoms with Gasteiger partial charge in [0, 0.05) is 5.92 Å². The first-order valence-electron chi connectivity index (χ1n) is 6.69. The third-order valence-corrected chi connectivity index (χ3v) is 5.37. The first-order valence-corrected chi connectivity index (χ1v) is 8.29. The Bertz CT molecular complexity index is 366. The van der Waals surface area contributed by atoms with Gasteiger partial charge in [-0.3, -0.25) is 0 Å². The van der Waals surface area contributed by atoms with E-state index in [1.165, 1.54) is 0 Å². The van der Waals surface area contributed by atoms with Crippen LogP contribution in [0, 0.1) is 5.92 Å². The summed E-state index contributed by atoms with van der Waals surface area (Å²) in [5.41, 5.74) is 0. The molecule has 1 saturated heterocycles. The van der Waals surface area contributed by atoms with E-state index < -0.39 is 10.0 Å². The Kier molecular flexibility index (Phi) is 4.31. The molecule has 0 aromatic heterocycles. The lowest BCUT2D eigenvalue weighted by Gasteiger charge is -2.39. The van der Waals surface area contributed by atoms with E-state index in [2.05, 4.69) is 13.8 Å². The fourth-order valence-electron chi connectivity index (χ4n) is 2.98. The predicted octanol–water partition coefficient (Wildman–Crippen LogP) is 1.37. The molecule has 0 aromatic carbocycles. The number of nitrogens with two attached hydrogens (primary N) is 1. The van der Waals surface area contributed by atoms with E-state index in [4.69, 9.17) is 14.6 Å². The van der Waals surface area contributed by atoms with Crippen LogP contribution < -0.4 is 5.14 Å². The van der Waals surface area contributed by atoms with Gasteiger partial charge in [-0.2, -0.15) is 0 Å². The van der Waals surface area contributed by atoms with E-state index in [0.717, 1.165) is 19.3 Å². The van der Waals surface area contributed by atoms with Gasteiger partial charge < -0.3 is 9.47 Å². The van der Waals surface area contributed by atoms with E-state index in [1.807, 2.05) is 0 Å². The number of sulfonamides is 1. The topological polar surface area (TPSA) is 78.6 Å². The molecule has 0 spiro atoms. The quantitative estimate of drug-likeness (QED) is 0.827. The molecule has 2 rings (SSSR count). The van der Waals surface area contributed by atoms with Gasteiger partial charge in [0.1, 0.15) is 0 Å². The Hall–Kier alpha value is -0.170. The zero-order chi connectivity index (χ0) is 13.3. The fourth-order valence-corrected chi connectivity index (χ4v) is 3.91. The fraction of sp³-hybridized carbons (Fsp3) is 1.00. The maximum Gasteiger partial charge on any atom is 0.211 e. The van der Waals surface area contributed by atoms with Crippen molar-refractivity contribution < 1.29 is 17.9 Å². The van der Waals surface area contributed by atoms with Gasteiger partial charge >= 0.3 is 0 Å². The monoisotopic (exact) mass is 277 g/mol. The molecule has 0 aromatic rings. The van der Waals surface area contributed by atoms with Crippen LogP contribution in [0.1, 0.15) is 46.0 Å². The van der Waals surface area contributed by atoms with Gasteiger partial charge in [0.2, 0.25) is 10.0 Å². The summed E-state index contributed by atoms with van der Waals surface area (Å²) in [6.07, 6.45) is 4.04. The predicted molar refractivity (Wildman–Crippen MR) is 68.4 cm³/mol. The minimum absolute atomic E-state index is 0.176. The molecule has 0 bridgehead atoms. The van der Waals surface area contributed by atoms with Crippen molar-refractivity contribution >= 4 is 10.0 Å². The molecule has 1 aliphatic carbocycles. The summed E-state index contributed by atoms with van der Waals surface area (Å²) in [6.45, 7) is 4.12. The molecule has 1 heterocycles. The van der Waals surface area contributed by atoms with Crippen LogP contribution in [0.15, 0.2) is 0 Å². The Balaban J connectivity index is 1.89. The van der Waals surface area contributed by atoms with E-state index in [-0.39, 0.29) is 23.7 Å². The molecular formula is C12H23NO4S. The van der Waals surface area contributed by atoms with Crippen molar-refractivity contribution in [2.75, 3.05) is 0 Å². The first kappa shape index (κ1) is 14.2. The van der Waals surface area contributed by atoms with Gasteiger partial charge in [-0.05, 0) is 46.0 Å². The lowest BCUT2D eigenvalue weighted by molar-refractivity contribution is -0.258. The smallest absolute Gasteiger partial charge is 0.211 e. The van der Waals surface area contributed by atoms with Crippen LogP contribution in [-0.2, 0) is 19.5 Å². The Morgan fingerprint density at radius 2 is 1.50 bits per heavy atom. The van der Waals surface area contributed by atoms with Crippen molar-refractivity contribution in [1.29, 1.82) is 0 Å². The molecule has 5 nitrogen and oxygen atoms in total. The molecule has 106 valence electrons. The maximum atomic E-state index is 11.3. The number of rotatable bonds is 2. The summed E-state index contributed by atoms with van der Waals surface area (Å²) in [4.78, 5) is 0. The Morgan fingerprint density at radius 1 is 1.00 bits per heavy atom. The third kappa shape index (κ3) is 3.44. The number of primary sulfonamides is 1. The van der Waals surface area contributed by atoms with E-state index in [9.17, 15) is 8.42 Å². The summed E-state index contributed by atoms with van der Waals surface area (Å²) in [5, 5.41) is 4.81. The molecule has 1 saturated carbocycles.